The third-order valence-electron chi connectivity index (χ3n) is 2.88. The highest BCUT2D eigenvalue weighted by molar-refractivity contribution is 5.03. The van der Waals surface area contributed by atoms with E-state index in [1.54, 1.807) is 11.8 Å². The Bertz CT molecular complexity index is 343. The van der Waals surface area contributed by atoms with E-state index in [1.165, 1.54) is 0 Å². The number of aryl methyl sites for hydroxylation is 1. The molecule has 1 aromatic heterocycles. The third kappa shape index (κ3) is 3.80. The second-order valence-corrected chi connectivity index (χ2v) is 5.48. The lowest BCUT2D eigenvalue weighted by Crippen LogP contribution is -2.51. The molecule has 0 radical (unpaired) electrons. The van der Waals surface area contributed by atoms with Crippen molar-refractivity contribution in [2.45, 2.75) is 39.3 Å². The van der Waals surface area contributed by atoms with E-state index in [0.29, 0.717) is 0 Å². The molecule has 0 aliphatic carbocycles. The molecular formula is C12H24N4O. The molecule has 0 saturated heterocycles. The summed E-state index contributed by atoms with van der Waals surface area (Å²) in [7, 11) is 3.63. The van der Waals surface area contributed by atoms with Gasteiger partial charge in [-0.1, -0.05) is 20.8 Å². The second kappa shape index (κ2) is 5.62. The first-order valence-corrected chi connectivity index (χ1v) is 5.86. The van der Waals surface area contributed by atoms with Gasteiger partial charge in [-0.05, 0) is 11.5 Å². The standard InChI is InChI=1S/C12H24N4O/c1-12(2,3)11(17-5)10(14-13)8-9-6-7-16(4)15-9/h6-7,10-11,14H,8,13H2,1-5H3. The first-order chi connectivity index (χ1) is 7.88. The number of nitrogens with one attached hydrogen (secondary N) is 1. The van der Waals surface area contributed by atoms with Crippen molar-refractivity contribution in [1.29, 1.82) is 0 Å². The summed E-state index contributed by atoms with van der Waals surface area (Å²) in [5, 5.41) is 4.36. The van der Waals surface area contributed by atoms with Crippen LogP contribution in [0.25, 0.3) is 0 Å². The SMILES string of the molecule is COC(C(Cc1ccn(C)n1)NN)C(C)(C)C. The van der Waals surface area contributed by atoms with Gasteiger partial charge in [0, 0.05) is 26.8 Å². The quantitative estimate of drug-likeness (QED) is 0.592. The zero-order valence-electron chi connectivity index (χ0n) is 11.4. The molecule has 5 nitrogen and oxygen atoms in total. The van der Waals surface area contributed by atoms with Crippen LogP contribution in [0, 0.1) is 5.41 Å². The van der Waals surface area contributed by atoms with Crippen molar-refractivity contribution < 1.29 is 4.74 Å². The molecule has 0 aliphatic rings. The van der Waals surface area contributed by atoms with E-state index in [4.69, 9.17) is 10.6 Å². The van der Waals surface area contributed by atoms with Crippen molar-refractivity contribution in [3.05, 3.63) is 18.0 Å². The lowest BCUT2D eigenvalue weighted by Gasteiger charge is -2.35. The molecule has 5 heteroatoms. The van der Waals surface area contributed by atoms with E-state index in [1.807, 2.05) is 19.3 Å². The van der Waals surface area contributed by atoms with Crippen LogP contribution >= 0.6 is 0 Å². The average Bonchev–Trinajstić information content (AvgIpc) is 2.61. The van der Waals surface area contributed by atoms with Gasteiger partial charge in [0.15, 0.2) is 0 Å². The molecule has 2 atom stereocenters. The van der Waals surface area contributed by atoms with Crippen LogP contribution in [0.15, 0.2) is 12.3 Å². The first kappa shape index (κ1) is 14.2. The summed E-state index contributed by atoms with van der Waals surface area (Å²) in [5.41, 5.74) is 3.89. The minimum Gasteiger partial charge on any atom is -0.379 e. The van der Waals surface area contributed by atoms with Gasteiger partial charge in [0.05, 0.1) is 17.8 Å². The van der Waals surface area contributed by atoms with E-state index in [0.717, 1.165) is 12.1 Å². The number of hydrogen-bond donors (Lipinski definition) is 2. The molecule has 0 amide bonds. The van der Waals surface area contributed by atoms with Crippen LogP contribution in [0.1, 0.15) is 26.5 Å². The molecule has 1 heterocycles. The smallest absolute Gasteiger partial charge is 0.0789 e. The molecule has 0 spiro atoms. The Morgan fingerprint density at radius 2 is 2.18 bits per heavy atom. The van der Waals surface area contributed by atoms with Crippen LogP contribution in [-0.4, -0.2) is 29.0 Å². The largest absolute Gasteiger partial charge is 0.379 e. The predicted octanol–water partition coefficient (Wildman–Crippen LogP) is 0.856. The van der Waals surface area contributed by atoms with Gasteiger partial charge < -0.3 is 4.74 Å². The monoisotopic (exact) mass is 240 g/mol. The van der Waals surface area contributed by atoms with Crippen LogP contribution in [-0.2, 0) is 18.2 Å². The number of ether oxygens (including phenoxy) is 1. The van der Waals surface area contributed by atoms with Crippen molar-refractivity contribution in [3.8, 4) is 0 Å². The van der Waals surface area contributed by atoms with Gasteiger partial charge in [-0.3, -0.25) is 16.0 Å². The van der Waals surface area contributed by atoms with Crippen molar-refractivity contribution in [2.24, 2.45) is 18.3 Å². The maximum atomic E-state index is 5.64. The Hall–Kier alpha value is -0.910. The van der Waals surface area contributed by atoms with Crippen LogP contribution in [0.3, 0.4) is 0 Å². The van der Waals surface area contributed by atoms with Gasteiger partial charge in [0.25, 0.3) is 0 Å². The fourth-order valence-corrected chi connectivity index (χ4v) is 2.17. The minimum atomic E-state index is 0.0283. The predicted molar refractivity (Wildman–Crippen MR) is 68.3 cm³/mol. The Morgan fingerprint density at radius 1 is 1.53 bits per heavy atom. The summed E-state index contributed by atoms with van der Waals surface area (Å²) < 4.78 is 7.36. The van der Waals surface area contributed by atoms with E-state index in [-0.39, 0.29) is 17.6 Å². The van der Waals surface area contributed by atoms with E-state index >= 15 is 0 Å². The fourth-order valence-electron chi connectivity index (χ4n) is 2.17. The molecule has 3 N–H and O–H groups in total. The zero-order chi connectivity index (χ0) is 13.1. The van der Waals surface area contributed by atoms with Gasteiger partial charge in [0.2, 0.25) is 0 Å². The van der Waals surface area contributed by atoms with Crippen LogP contribution in [0.2, 0.25) is 0 Å². The highest BCUT2D eigenvalue weighted by Gasteiger charge is 2.32. The summed E-state index contributed by atoms with van der Waals surface area (Å²) in [5.74, 6) is 5.64. The maximum Gasteiger partial charge on any atom is 0.0789 e. The molecule has 98 valence electrons. The molecule has 0 bridgehead atoms. The summed E-state index contributed by atoms with van der Waals surface area (Å²) in [6.07, 6.45) is 2.73. The Morgan fingerprint density at radius 3 is 2.53 bits per heavy atom. The normalized spacial score (nSPS) is 15.9. The number of rotatable bonds is 5. The summed E-state index contributed by atoms with van der Waals surface area (Å²) >= 11 is 0. The number of aromatic nitrogens is 2. The third-order valence-corrected chi connectivity index (χ3v) is 2.88. The molecule has 1 aromatic rings. The number of nitrogens with two attached hydrogens (primary N) is 1. The fraction of sp³-hybridized carbons (Fsp3) is 0.750. The molecule has 0 aromatic carbocycles. The molecular weight excluding hydrogens is 216 g/mol. The Balaban J connectivity index is 2.76. The number of hydrogen-bond acceptors (Lipinski definition) is 4. The highest BCUT2D eigenvalue weighted by Crippen LogP contribution is 2.25. The minimum absolute atomic E-state index is 0.0283. The number of nitrogens with zero attached hydrogens (tertiary/aromatic N) is 2. The number of hydrazine groups is 1. The average molecular weight is 240 g/mol. The van der Waals surface area contributed by atoms with E-state index in [9.17, 15) is 0 Å². The van der Waals surface area contributed by atoms with Gasteiger partial charge in [-0.2, -0.15) is 5.10 Å². The van der Waals surface area contributed by atoms with Gasteiger partial charge in [-0.25, -0.2) is 0 Å². The first-order valence-electron chi connectivity index (χ1n) is 5.86. The van der Waals surface area contributed by atoms with Crippen molar-refractivity contribution >= 4 is 0 Å². The summed E-state index contributed by atoms with van der Waals surface area (Å²) in [6, 6.07) is 2.05. The molecule has 17 heavy (non-hydrogen) atoms. The molecule has 2 unspecified atom stereocenters. The number of methoxy groups -OCH3 is 1. The van der Waals surface area contributed by atoms with Crippen LogP contribution < -0.4 is 11.3 Å². The topological polar surface area (TPSA) is 65.1 Å². The van der Waals surface area contributed by atoms with E-state index in [2.05, 4.69) is 31.3 Å². The zero-order valence-corrected chi connectivity index (χ0v) is 11.4. The molecule has 0 aliphatic heterocycles. The highest BCUT2D eigenvalue weighted by atomic mass is 16.5. The van der Waals surface area contributed by atoms with E-state index < -0.39 is 0 Å². The van der Waals surface area contributed by atoms with Crippen molar-refractivity contribution in [3.63, 3.8) is 0 Å². The summed E-state index contributed by atoms with van der Waals surface area (Å²) in [4.78, 5) is 0. The lowest BCUT2D eigenvalue weighted by atomic mass is 9.83. The maximum absolute atomic E-state index is 5.64. The van der Waals surface area contributed by atoms with Crippen LogP contribution in [0.4, 0.5) is 0 Å². The molecule has 0 saturated carbocycles. The van der Waals surface area contributed by atoms with Gasteiger partial charge >= 0.3 is 0 Å². The lowest BCUT2D eigenvalue weighted by molar-refractivity contribution is -0.0112. The molecule has 0 fully saturated rings. The van der Waals surface area contributed by atoms with Crippen LogP contribution in [0.5, 0.6) is 0 Å². The molecule has 1 rings (SSSR count). The van der Waals surface area contributed by atoms with Gasteiger partial charge in [0.1, 0.15) is 0 Å². The van der Waals surface area contributed by atoms with Crippen molar-refractivity contribution in [1.82, 2.24) is 15.2 Å². The van der Waals surface area contributed by atoms with Crippen molar-refractivity contribution in [2.75, 3.05) is 7.11 Å². The second-order valence-electron chi connectivity index (χ2n) is 5.48. The van der Waals surface area contributed by atoms with Gasteiger partial charge in [-0.15, -0.1) is 0 Å². The summed E-state index contributed by atoms with van der Waals surface area (Å²) in [6.45, 7) is 6.43. The Kier molecular flexibility index (Phi) is 4.68. The Labute approximate surface area is 103 Å².